The number of anilines is 1. The summed E-state index contributed by atoms with van der Waals surface area (Å²) in [5.74, 6) is -1.11. The van der Waals surface area contributed by atoms with Crippen LogP contribution in [-0.2, 0) is 4.79 Å². The Morgan fingerprint density at radius 3 is 2.68 bits per heavy atom. The average molecular weight is 358 g/mol. The van der Waals surface area contributed by atoms with E-state index in [1.807, 2.05) is 0 Å². The van der Waals surface area contributed by atoms with E-state index in [-0.39, 0.29) is 17.4 Å². The van der Waals surface area contributed by atoms with Crippen LogP contribution in [0.15, 0.2) is 60.8 Å². The summed E-state index contributed by atoms with van der Waals surface area (Å²) in [6, 6.07) is 12.1. The van der Waals surface area contributed by atoms with Crippen molar-refractivity contribution in [1.82, 2.24) is 10.6 Å². The topological polar surface area (TPSA) is 90.5 Å². The van der Waals surface area contributed by atoms with Gasteiger partial charge in [-0.15, -0.1) is 0 Å². The molecule has 2 aromatic rings. The molecule has 1 aliphatic heterocycles. The van der Waals surface area contributed by atoms with E-state index in [2.05, 4.69) is 22.5 Å². The van der Waals surface area contributed by atoms with E-state index in [0.717, 1.165) is 0 Å². The molecule has 0 unspecified atom stereocenters. The van der Waals surface area contributed by atoms with E-state index < -0.39 is 18.0 Å². The highest BCUT2D eigenvalue weighted by Crippen LogP contribution is 2.32. The molecule has 1 saturated heterocycles. The summed E-state index contributed by atoms with van der Waals surface area (Å²) < 4.78 is 0. The molecule has 0 aliphatic carbocycles. The third-order valence-electron chi connectivity index (χ3n) is 3.91. The monoisotopic (exact) mass is 357 g/mol. The number of carbonyl (C=O) groups excluding carboxylic acids is 2. The molecule has 7 heteroatoms. The van der Waals surface area contributed by atoms with Crippen molar-refractivity contribution in [2.75, 3.05) is 5.32 Å². The van der Waals surface area contributed by atoms with Gasteiger partial charge in [0.15, 0.2) is 0 Å². The minimum atomic E-state index is -0.782. The molecule has 2 atom stereocenters. The molecule has 3 rings (SSSR count). The number of benzene rings is 2. The van der Waals surface area contributed by atoms with Crippen LogP contribution < -0.4 is 16.0 Å². The Morgan fingerprint density at radius 1 is 1.20 bits per heavy atom. The maximum atomic E-state index is 12.8. The number of amides is 3. The van der Waals surface area contributed by atoms with Crippen molar-refractivity contribution in [3.8, 4) is 5.75 Å². The maximum absolute atomic E-state index is 12.8. The van der Waals surface area contributed by atoms with Gasteiger partial charge in [0, 0.05) is 5.70 Å². The molecule has 1 heterocycles. The Bertz CT molecular complexity index is 853. The number of phenolic OH excluding ortho intramolecular Hbond substituents is 1. The van der Waals surface area contributed by atoms with Gasteiger partial charge >= 0.3 is 6.03 Å². The van der Waals surface area contributed by atoms with Crippen LogP contribution in [0.2, 0.25) is 5.02 Å². The molecule has 25 heavy (non-hydrogen) atoms. The number of aromatic hydroxyl groups is 1. The highest BCUT2D eigenvalue weighted by atomic mass is 35.5. The molecule has 4 N–H and O–H groups in total. The Labute approximate surface area is 149 Å². The van der Waals surface area contributed by atoms with Crippen molar-refractivity contribution < 1.29 is 14.7 Å². The predicted octanol–water partition coefficient (Wildman–Crippen LogP) is 3.17. The molecule has 1 fully saturated rings. The molecular weight excluding hydrogens is 342 g/mol. The molecule has 6 nitrogen and oxygen atoms in total. The number of halogens is 1. The van der Waals surface area contributed by atoms with Gasteiger partial charge in [-0.1, -0.05) is 42.4 Å². The molecule has 128 valence electrons. The smallest absolute Gasteiger partial charge is 0.319 e. The summed E-state index contributed by atoms with van der Waals surface area (Å²) in [6.45, 7) is 3.80. The van der Waals surface area contributed by atoms with Gasteiger partial charge in [0.2, 0.25) is 5.91 Å². The Hall–Kier alpha value is -2.99. The van der Waals surface area contributed by atoms with Crippen molar-refractivity contribution in [3.63, 3.8) is 0 Å². The molecule has 0 bridgehead atoms. The number of para-hydroxylation sites is 1. The summed E-state index contributed by atoms with van der Waals surface area (Å²) >= 11 is 6.09. The predicted molar refractivity (Wildman–Crippen MR) is 95.2 cm³/mol. The van der Waals surface area contributed by atoms with Gasteiger partial charge in [-0.25, -0.2) is 4.79 Å². The van der Waals surface area contributed by atoms with E-state index in [1.165, 1.54) is 12.1 Å². The number of hydrogen-bond acceptors (Lipinski definition) is 3. The first-order chi connectivity index (χ1) is 12.0. The van der Waals surface area contributed by atoms with Crippen LogP contribution in [0.25, 0.3) is 0 Å². The van der Waals surface area contributed by atoms with Gasteiger partial charge in [-0.05, 0) is 29.8 Å². The molecule has 0 saturated carbocycles. The molecule has 3 amide bonds. The third kappa shape index (κ3) is 3.59. The lowest BCUT2D eigenvalue weighted by Gasteiger charge is -2.34. The Morgan fingerprint density at radius 2 is 1.96 bits per heavy atom. The fourth-order valence-electron chi connectivity index (χ4n) is 2.76. The van der Waals surface area contributed by atoms with Gasteiger partial charge in [0.25, 0.3) is 0 Å². The number of nitrogens with one attached hydrogen (secondary N) is 3. The lowest BCUT2D eigenvalue weighted by atomic mass is 9.88. The first kappa shape index (κ1) is 16.9. The van der Waals surface area contributed by atoms with E-state index in [4.69, 9.17) is 11.6 Å². The van der Waals surface area contributed by atoms with Crippen LogP contribution in [0.4, 0.5) is 10.5 Å². The minimum absolute atomic E-state index is 0.0427. The zero-order valence-electron chi connectivity index (χ0n) is 13.1. The molecular formula is C18H16ClN3O3. The van der Waals surface area contributed by atoms with Crippen LogP contribution in [0.3, 0.4) is 0 Å². The van der Waals surface area contributed by atoms with Gasteiger partial charge in [-0.2, -0.15) is 0 Å². The Kier molecular flexibility index (Phi) is 4.63. The zero-order valence-corrected chi connectivity index (χ0v) is 13.9. The van der Waals surface area contributed by atoms with Crippen LogP contribution in [0.5, 0.6) is 5.75 Å². The van der Waals surface area contributed by atoms with Crippen LogP contribution in [0.1, 0.15) is 11.6 Å². The number of carbonyl (C=O) groups is 2. The van der Waals surface area contributed by atoms with Crippen molar-refractivity contribution in [2.24, 2.45) is 5.92 Å². The second-order valence-electron chi connectivity index (χ2n) is 5.64. The van der Waals surface area contributed by atoms with E-state index in [9.17, 15) is 14.7 Å². The molecule has 0 aromatic heterocycles. The summed E-state index contributed by atoms with van der Waals surface area (Å²) in [6.07, 6.45) is 0. The van der Waals surface area contributed by atoms with Crippen LogP contribution in [0, 0.1) is 5.92 Å². The number of hydrogen-bond donors (Lipinski definition) is 4. The molecule has 0 spiro atoms. The van der Waals surface area contributed by atoms with Crippen molar-refractivity contribution in [3.05, 3.63) is 71.4 Å². The number of urea groups is 1. The lowest BCUT2D eigenvalue weighted by Crippen LogP contribution is -2.51. The highest BCUT2D eigenvalue weighted by molar-refractivity contribution is 6.33. The average Bonchev–Trinajstić information content (AvgIpc) is 2.56. The molecule has 1 aliphatic rings. The van der Waals surface area contributed by atoms with Crippen molar-refractivity contribution in [2.45, 2.75) is 6.04 Å². The summed E-state index contributed by atoms with van der Waals surface area (Å²) in [5.41, 5.74) is 1.32. The van der Waals surface area contributed by atoms with Gasteiger partial charge in [0.1, 0.15) is 11.7 Å². The highest BCUT2D eigenvalue weighted by Gasteiger charge is 2.38. The summed E-state index contributed by atoms with van der Waals surface area (Å²) in [5, 5.41) is 18.1. The number of rotatable bonds is 3. The van der Waals surface area contributed by atoms with Gasteiger partial charge in [-0.3, -0.25) is 4.79 Å². The zero-order chi connectivity index (χ0) is 18.0. The molecule has 2 aromatic carbocycles. The first-order valence-electron chi connectivity index (χ1n) is 7.56. The quantitative estimate of drug-likeness (QED) is 0.680. The van der Waals surface area contributed by atoms with Crippen LogP contribution >= 0.6 is 11.6 Å². The van der Waals surface area contributed by atoms with E-state index >= 15 is 0 Å². The second-order valence-corrected chi connectivity index (χ2v) is 6.05. The second kappa shape index (κ2) is 6.86. The fraction of sp³-hybridized carbons (Fsp3) is 0.111. The summed E-state index contributed by atoms with van der Waals surface area (Å²) in [4.78, 5) is 24.6. The van der Waals surface area contributed by atoms with Crippen molar-refractivity contribution in [1.29, 1.82) is 0 Å². The Balaban J connectivity index is 1.92. The minimum Gasteiger partial charge on any atom is -0.508 e. The molecule has 0 radical (unpaired) electrons. The lowest BCUT2D eigenvalue weighted by molar-refractivity contribution is -0.119. The fourth-order valence-corrected chi connectivity index (χ4v) is 2.95. The maximum Gasteiger partial charge on any atom is 0.319 e. The standard InChI is InChI=1S/C18H16ClN3O3/c1-10-15(17(24)21-14-8-3-2-7-13(14)19)16(22-18(25)20-10)11-5-4-6-12(23)9-11/h2-9,15-16,23H,1H2,(H,21,24)(H2,20,22,25)/t15-,16+/m1/s1. The van der Waals surface area contributed by atoms with E-state index in [0.29, 0.717) is 16.3 Å². The van der Waals surface area contributed by atoms with E-state index in [1.54, 1.807) is 36.4 Å². The third-order valence-corrected chi connectivity index (χ3v) is 4.24. The normalized spacial score (nSPS) is 19.7. The first-order valence-corrected chi connectivity index (χ1v) is 7.94. The van der Waals surface area contributed by atoms with Gasteiger partial charge in [0.05, 0.1) is 16.8 Å². The largest absolute Gasteiger partial charge is 0.508 e. The summed E-state index contributed by atoms with van der Waals surface area (Å²) in [7, 11) is 0. The number of phenols is 1. The SMILES string of the molecule is C=C1NC(=O)N[C@@H](c2cccc(O)c2)[C@@H]1C(=O)Nc1ccccc1Cl. The van der Waals surface area contributed by atoms with Crippen molar-refractivity contribution >= 4 is 29.2 Å². The van der Waals surface area contributed by atoms with Crippen LogP contribution in [-0.4, -0.2) is 17.0 Å². The van der Waals surface area contributed by atoms with Gasteiger partial charge < -0.3 is 21.1 Å².